The van der Waals surface area contributed by atoms with Gasteiger partial charge in [-0.15, -0.1) is 0 Å². The van der Waals surface area contributed by atoms with E-state index < -0.39 is 0 Å². The van der Waals surface area contributed by atoms with E-state index in [0.29, 0.717) is 12.4 Å². The number of carbonyl (C=O) groups excluding carboxylic acids is 1. The summed E-state index contributed by atoms with van der Waals surface area (Å²) in [4.78, 5) is 24.7. The normalized spacial score (nSPS) is 10.3. The van der Waals surface area contributed by atoms with Gasteiger partial charge in [0.2, 0.25) is 0 Å². The zero-order chi connectivity index (χ0) is 17.6. The third-order valence-corrected chi connectivity index (χ3v) is 3.99. The molecule has 1 amide bonds. The Morgan fingerprint density at radius 3 is 2.68 bits per heavy atom. The number of halogens is 1. The number of nitrogens with zero attached hydrogens (tertiary/aromatic N) is 3. The summed E-state index contributed by atoms with van der Waals surface area (Å²) in [6, 6.07) is 11.5. The largest absolute Gasteiger partial charge is 0.345 e. The molecule has 2 heterocycles. The molecular weight excluding hydrogens is 382 g/mol. The Labute approximate surface area is 153 Å². The van der Waals surface area contributed by atoms with Crippen molar-refractivity contribution in [3.8, 4) is 0 Å². The van der Waals surface area contributed by atoms with Crippen LogP contribution in [0.2, 0.25) is 0 Å². The summed E-state index contributed by atoms with van der Waals surface area (Å²) < 4.78 is 1.02. The molecule has 6 nitrogen and oxygen atoms in total. The van der Waals surface area contributed by atoms with Gasteiger partial charge in [0.1, 0.15) is 11.5 Å². The lowest BCUT2D eigenvalue weighted by Gasteiger charge is -2.09. The highest BCUT2D eigenvalue weighted by atomic mass is 79.9. The lowest BCUT2D eigenvalue weighted by molar-refractivity contribution is 0.0945. The average molecular weight is 398 g/mol. The standard InChI is InChI=1S/C18H16BrN5O/c1-12-8-13(19)5-6-15(12)24-17-11-21-16(10-22-17)18(25)23-9-14-4-2-3-7-20-14/h2-8,10-11H,9H2,1H3,(H,22,24)(H,23,25). The summed E-state index contributed by atoms with van der Waals surface area (Å²) in [5.41, 5.74) is 3.06. The molecule has 0 unspecified atom stereocenters. The minimum atomic E-state index is -0.287. The fourth-order valence-corrected chi connectivity index (χ4v) is 2.65. The number of amides is 1. The van der Waals surface area contributed by atoms with Gasteiger partial charge in [0, 0.05) is 16.4 Å². The number of hydrogen-bond donors (Lipinski definition) is 2. The van der Waals surface area contributed by atoms with E-state index in [1.54, 1.807) is 6.20 Å². The summed E-state index contributed by atoms with van der Waals surface area (Å²) in [5, 5.41) is 5.96. The molecular formula is C18H16BrN5O. The van der Waals surface area contributed by atoms with Crippen molar-refractivity contribution in [2.45, 2.75) is 13.5 Å². The van der Waals surface area contributed by atoms with E-state index in [9.17, 15) is 4.79 Å². The minimum absolute atomic E-state index is 0.258. The first-order valence-corrected chi connectivity index (χ1v) is 8.44. The Bertz CT molecular complexity index is 868. The first-order valence-electron chi connectivity index (χ1n) is 7.65. The summed E-state index contributed by atoms with van der Waals surface area (Å²) >= 11 is 3.43. The fraction of sp³-hybridized carbons (Fsp3) is 0.111. The van der Waals surface area contributed by atoms with Crippen molar-refractivity contribution in [2.24, 2.45) is 0 Å². The summed E-state index contributed by atoms with van der Waals surface area (Å²) in [7, 11) is 0. The van der Waals surface area contributed by atoms with Crippen molar-refractivity contribution in [1.82, 2.24) is 20.3 Å². The predicted molar refractivity (Wildman–Crippen MR) is 99.6 cm³/mol. The van der Waals surface area contributed by atoms with Gasteiger partial charge in [-0.05, 0) is 42.8 Å². The van der Waals surface area contributed by atoms with Gasteiger partial charge in [0.15, 0.2) is 0 Å². The number of aromatic nitrogens is 3. The average Bonchev–Trinajstić information content (AvgIpc) is 2.63. The maximum atomic E-state index is 12.1. The SMILES string of the molecule is Cc1cc(Br)ccc1Nc1cnc(C(=O)NCc2ccccn2)cn1. The van der Waals surface area contributed by atoms with Crippen LogP contribution < -0.4 is 10.6 Å². The van der Waals surface area contributed by atoms with E-state index >= 15 is 0 Å². The van der Waals surface area contributed by atoms with Crippen molar-refractivity contribution in [3.63, 3.8) is 0 Å². The van der Waals surface area contributed by atoms with Crippen LogP contribution >= 0.6 is 15.9 Å². The van der Waals surface area contributed by atoms with E-state index in [1.807, 2.05) is 43.3 Å². The van der Waals surface area contributed by atoms with Crippen LogP contribution in [0.25, 0.3) is 0 Å². The molecule has 0 saturated heterocycles. The molecule has 0 fully saturated rings. The second kappa shape index (κ2) is 7.85. The van der Waals surface area contributed by atoms with E-state index in [4.69, 9.17) is 0 Å². The number of pyridine rings is 1. The Hall–Kier alpha value is -2.80. The van der Waals surface area contributed by atoms with Crippen molar-refractivity contribution >= 4 is 33.3 Å². The lowest BCUT2D eigenvalue weighted by atomic mass is 10.2. The van der Waals surface area contributed by atoms with Crippen LogP contribution in [-0.4, -0.2) is 20.9 Å². The van der Waals surface area contributed by atoms with Gasteiger partial charge in [-0.1, -0.05) is 22.0 Å². The van der Waals surface area contributed by atoms with Crippen LogP contribution in [0.1, 0.15) is 21.7 Å². The number of anilines is 2. The molecule has 0 spiro atoms. The second-order valence-corrected chi connectivity index (χ2v) is 6.29. The summed E-state index contributed by atoms with van der Waals surface area (Å²) in [5.74, 6) is 0.288. The molecule has 0 aliphatic rings. The number of hydrogen-bond acceptors (Lipinski definition) is 5. The molecule has 1 aromatic carbocycles. The second-order valence-electron chi connectivity index (χ2n) is 5.37. The summed E-state index contributed by atoms with van der Waals surface area (Å²) in [6.07, 6.45) is 4.67. The first-order chi connectivity index (χ1) is 12.1. The molecule has 0 radical (unpaired) electrons. The van der Waals surface area contributed by atoms with Crippen molar-refractivity contribution in [1.29, 1.82) is 0 Å². The van der Waals surface area contributed by atoms with E-state index in [2.05, 4.69) is 41.5 Å². The molecule has 2 N–H and O–H groups in total. The molecule has 0 aliphatic carbocycles. The number of carbonyl (C=O) groups is 1. The van der Waals surface area contributed by atoms with E-state index in [0.717, 1.165) is 21.4 Å². The van der Waals surface area contributed by atoms with Gasteiger partial charge >= 0.3 is 0 Å². The zero-order valence-electron chi connectivity index (χ0n) is 13.5. The molecule has 0 saturated carbocycles. The monoisotopic (exact) mass is 397 g/mol. The highest BCUT2D eigenvalue weighted by Crippen LogP contribution is 2.22. The molecule has 7 heteroatoms. The first kappa shape index (κ1) is 17.0. The Morgan fingerprint density at radius 1 is 1.12 bits per heavy atom. The van der Waals surface area contributed by atoms with Crippen LogP contribution in [0, 0.1) is 6.92 Å². The topological polar surface area (TPSA) is 79.8 Å². The van der Waals surface area contributed by atoms with Gasteiger partial charge in [0.05, 0.1) is 24.6 Å². The third-order valence-electron chi connectivity index (χ3n) is 3.49. The number of aryl methyl sites for hydroxylation is 1. The van der Waals surface area contributed by atoms with Crippen LogP contribution in [-0.2, 0) is 6.54 Å². The predicted octanol–water partition coefficient (Wildman–Crippen LogP) is 3.62. The minimum Gasteiger partial charge on any atom is -0.345 e. The lowest BCUT2D eigenvalue weighted by Crippen LogP contribution is -2.24. The molecule has 25 heavy (non-hydrogen) atoms. The fourth-order valence-electron chi connectivity index (χ4n) is 2.18. The van der Waals surface area contributed by atoms with Crippen LogP contribution in [0.4, 0.5) is 11.5 Å². The van der Waals surface area contributed by atoms with Gasteiger partial charge in [-0.25, -0.2) is 9.97 Å². The van der Waals surface area contributed by atoms with Gasteiger partial charge in [0.25, 0.3) is 5.91 Å². The Morgan fingerprint density at radius 2 is 2.00 bits per heavy atom. The molecule has 126 valence electrons. The van der Waals surface area contributed by atoms with Gasteiger partial charge in [-0.2, -0.15) is 0 Å². The number of benzene rings is 1. The molecule has 0 atom stereocenters. The third kappa shape index (κ3) is 4.60. The van der Waals surface area contributed by atoms with Gasteiger partial charge < -0.3 is 10.6 Å². The number of nitrogens with one attached hydrogen (secondary N) is 2. The molecule has 0 aliphatic heterocycles. The number of rotatable bonds is 5. The molecule has 3 rings (SSSR count). The summed E-state index contributed by atoms with van der Waals surface area (Å²) in [6.45, 7) is 2.35. The van der Waals surface area contributed by atoms with Crippen LogP contribution in [0.15, 0.2) is 59.5 Å². The maximum absolute atomic E-state index is 12.1. The van der Waals surface area contributed by atoms with E-state index in [-0.39, 0.29) is 11.6 Å². The quantitative estimate of drug-likeness (QED) is 0.687. The molecule has 3 aromatic rings. The van der Waals surface area contributed by atoms with Crippen molar-refractivity contribution < 1.29 is 4.79 Å². The Balaban J connectivity index is 1.62. The van der Waals surface area contributed by atoms with Crippen LogP contribution in [0.3, 0.4) is 0 Å². The molecule has 2 aromatic heterocycles. The zero-order valence-corrected chi connectivity index (χ0v) is 15.1. The van der Waals surface area contributed by atoms with E-state index in [1.165, 1.54) is 12.4 Å². The maximum Gasteiger partial charge on any atom is 0.271 e. The smallest absolute Gasteiger partial charge is 0.271 e. The molecule has 0 bridgehead atoms. The Kier molecular flexibility index (Phi) is 5.35. The highest BCUT2D eigenvalue weighted by molar-refractivity contribution is 9.10. The highest BCUT2D eigenvalue weighted by Gasteiger charge is 2.08. The van der Waals surface area contributed by atoms with Crippen LogP contribution in [0.5, 0.6) is 0 Å². The van der Waals surface area contributed by atoms with Crippen molar-refractivity contribution in [2.75, 3.05) is 5.32 Å². The van der Waals surface area contributed by atoms with Crippen molar-refractivity contribution in [3.05, 3.63) is 76.4 Å². The van der Waals surface area contributed by atoms with Gasteiger partial charge in [-0.3, -0.25) is 9.78 Å².